The first-order chi connectivity index (χ1) is 10.8. The van der Waals surface area contributed by atoms with E-state index in [0.29, 0.717) is 11.9 Å². The Morgan fingerprint density at radius 2 is 2.00 bits per heavy atom. The lowest BCUT2D eigenvalue weighted by atomic mass is 9.91. The quantitative estimate of drug-likeness (QED) is 0.908. The Morgan fingerprint density at radius 1 is 1.14 bits per heavy atom. The SMILES string of the molecule is COc1ccnc(N2CCCN([C@H]3CCCC[C@H]3O)CC2)n1. The second-order valence-corrected chi connectivity index (χ2v) is 6.19. The van der Waals surface area contributed by atoms with Crippen molar-refractivity contribution in [2.45, 2.75) is 44.2 Å². The topological polar surface area (TPSA) is 61.7 Å². The summed E-state index contributed by atoms with van der Waals surface area (Å²) in [7, 11) is 1.63. The summed E-state index contributed by atoms with van der Waals surface area (Å²) >= 11 is 0. The van der Waals surface area contributed by atoms with Gasteiger partial charge in [0.2, 0.25) is 11.8 Å². The Kier molecular flexibility index (Phi) is 5.10. The fraction of sp³-hybridized carbons (Fsp3) is 0.750. The number of methoxy groups -OCH3 is 1. The normalized spacial score (nSPS) is 27.5. The van der Waals surface area contributed by atoms with Crippen molar-refractivity contribution >= 4 is 5.95 Å². The number of hydrogen-bond acceptors (Lipinski definition) is 6. The van der Waals surface area contributed by atoms with E-state index in [-0.39, 0.29) is 6.10 Å². The zero-order valence-electron chi connectivity index (χ0n) is 13.3. The first kappa shape index (κ1) is 15.5. The summed E-state index contributed by atoms with van der Waals surface area (Å²) in [5.41, 5.74) is 0. The van der Waals surface area contributed by atoms with Crippen LogP contribution in [0.5, 0.6) is 5.88 Å². The van der Waals surface area contributed by atoms with Crippen molar-refractivity contribution in [3.63, 3.8) is 0 Å². The van der Waals surface area contributed by atoms with Crippen LogP contribution in [-0.4, -0.2) is 65.4 Å². The second-order valence-electron chi connectivity index (χ2n) is 6.19. The molecule has 1 aromatic rings. The van der Waals surface area contributed by atoms with Gasteiger partial charge < -0.3 is 14.7 Å². The number of aromatic nitrogens is 2. The molecule has 22 heavy (non-hydrogen) atoms. The largest absolute Gasteiger partial charge is 0.481 e. The molecule has 0 amide bonds. The second kappa shape index (κ2) is 7.24. The lowest BCUT2D eigenvalue weighted by molar-refractivity contribution is 0.0230. The van der Waals surface area contributed by atoms with Crippen LogP contribution in [-0.2, 0) is 0 Å². The van der Waals surface area contributed by atoms with Gasteiger partial charge in [0.15, 0.2) is 0 Å². The third-order valence-electron chi connectivity index (χ3n) is 4.80. The number of aliphatic hydroxyl groups excluding tert-OH is 1. The summed E-state index contributed by atoms with van der Waals surface area (Å²) in [4.78, 5) is 13.5. The van der Waals surface area contributed by atoms with Crippen LogP contribution in [0.1, 0.15) is 32.1 Å². The Labute approximate surface area is 132 Å². The van der Waals surface area contributed by atoms with E-state index in [4.69, 9.17) is 4.74 Å². The Morgan fingerprint density at radius 3 is 2.82 bits per heavy atom. The number of hydrogen-bond donors (Lipinski definition) is 1. The van der Waals surface area contributed by atoms with Gasteiger partial charge in [-0.15, -0.1) is 0 Å². The Bertz CT molecular complexity index is 485. The fourth-order valence-corrected chi connectivity index (χ4v) is 3.59. The van der Waals surface area contributed by atoms with Gasteiger partial charge in [-0.1, -0.05) is 12.8 Å². The van der Waals surface area contributed by atoms with E-state index in [1.54, 1.807) is 19.4 Å². The van der Waals surface area contributed by atoms with Crippen LogP contribution in [0.25, 0.3) is 0 Å². The molecule has 1 saturated heterocycles. The minimum atomic E-state index is -0.159. The third kappa shape index (κ3) is 3.50. The van der Waals surface area contributed by atoms with Crippen LogP contribution in [0, 0.1) is 0 Å². The molecule has 122 valence electrons. The molecule has 6 nitrogen and oxygen atoms in total. The van der Waals surface area contributed by atoms with Gasteiger partial charge in [0.1, 0.15) is 0 Å². The lowest BCUT2D eigenvalue weighted by Gasteiger charge is -2.37. The van der Waals surface area contributed by atoms with Crippen LogP contribution in [0.3, 0.4) is 0 Å². The van der Waals surface area contributed by atoms with Gasteiger partial charge in [-0.25, -0.2) is 4.98 Å². The Balaban J connectivity index is 1.64. The van der Waals surface area contributed by atoms with Crippen LogP contribution in [0.15, 0.2) is 12.3 Å². The van der Waals surface area contributed by atoms with E-state index in [1.807, 2.05) is 0 Å². The molecule has 2 atom stereocenters. The summed E-state index contributed by atoms with van der Waals surface area (Å²) < 4.78 is 5.19. The first-order valence-corrected chi connectivity index (χ1v) is 8.32. The van der Waals surface area contributed by atoms with Crippen molar-refractivity contribution in [2.24, 2.45) is 0 Å². The minimum absolute atomic E-state index is 0.159. The maximum absolute atomic E-state index is 10.3. The van der Waals surface area contributed by atoms with Gasteiger partial charge in [0, 0.05) is 44.5 Å². The van der Waals surface area contributed by atoms with Gasteiger partial charge in [0.25, 0.3) is 0 Å². The number of rotatable bonds is 3. The van der Waals surface area contributed by atoms with Crippen molar-refractivity contribution in [1.29, 1.82) is 0 Å². The summed E-state index contributed by atoms with van der Waals surface area (Å²) in [6.07, 6.45) is 7.13. The summed E-state index contributed by atoms with van der Waals surface area (Å²) in [5.74, 6) is 1.35. The summed E-state index contributed by atoms with van der Waals surface area (Å²) in [6.45, 7) is 3.85. The smallest absolute Gasteiger partial charge is 0.228 e. The van der Waals surface area contributed by atoms with Crippen LogP contribution < -0.4 is 9.64 Å². The summed E-state index contributed by atoms with van der Waals surface area (Å²) in [6, 6.07) is 2.10. The molecule has 3 rings (SSSR count). The average molecular weight is 306 g/mol. The predicted octanol–water partition coefficient (Wildman–Crippen LogP) is 1.30. The van der Waals surface area contributed by atoms with Gasteiger partial charge in [-0.3, -0.25) is 4.90 Å². The zero-order chi connectivity index (χ0) is 15.4. The highest BCUT2D eigenvalue weighted by Gasteiger charge is 2.30. The van der Waals surface area contributed by atoms with E-state index in [0.717, 1.165) is 57.8 Å². The van der Waals surface area contributed by atoms with Gasteiger partial charge in [-0.05, 0) is 19.3 Å². The van der Waals surface area contributed by atoms with Crippen molar-refractivity contribution in [2.75, 3.05) is 38.2 Å². The predicted molar refractivity (Wildman–Crippen MR) is 85.2 cm³/mol. The van der Waals surface area contributed by atoms with Gasteiger partial charge >= 0.3 is 0 Å². The van der Waals surface area contributed by atoms with E-state index < -0.39 is 0 Å². The molecule has 2 heterocycles. The molecule has 0 radical (unpaired) electrons. The average Bonchev–Trinajstić information content (AvgIpc) is 2.81. The standard InChI is InChI=1S/C16H26N4O2/c1-22-15-7-8-17-16(18-15)20-10-4-9-19(11-12-20)13-5-2-3-6-14(13)21/h7-8,13-14,21H,2-6,9-12H2,1H3/t13-,14+/m0/s1. The highest BCUT2D eigenvalue weighted by Crippen LogP contribution is 2.24. The maximum atomic E-state index is 10.3. The lowest BCUT2D eigenvalue weighted by Crippen LogP contribution is -2.47. The van der Waals surface area contributed by atoms with E-state index in [9.17, 15) is 5.11 Å². The molecule has 1 saturated carbocycles. The van der Waals surface area contributed by atoms with Gasteiger partial charge in [0.05, 0.1) is 13.2 Å². The van der Waals surface area contributed by atoms with Crippen LogP contribution in [0.2, 0.25) is 0 Å². The van der Waals surface area contributed by atoms with E-state index >= 15 is 0 Å². The molecular formula is C16H26N4O2. The third-order valence-corrected chi connectivity index (χ3v) is 4.80. The molecule has 2 aliphatic rings. The summed E-state index contributed by atoms with van der Waals surface area (Å²) in [5, 5.41) is 10.3. The molecule has 1 aromatic heterocycles. The molecule has 1 aliphatic carbocycles. The maximum Gasteiger partial charge on any atom is 0.228 e. The first-order valence-electron chi connectivity index (χ1n) is 8.32. The van der Waals surface area contributed by atoms with Crippen molar-refractivity contribution < 1.29 is 9.84 Å². The molecule has 1 N–H and O–H groups in total. The molecule has 0 unspecified atom stereocenters. The number of aliphatic hydroxyl groups is 1. The van der Waals surface area contributed by atoms with Crippen LogP contribution >= 0.6 is 0 Å². The van der Waals surface area contributed by atoms with E-state index in [1.165, 1.54) is 6.42 Å². The fourth-order valence-electron chi connectivity index (χ4n) is 3.59. The highest BCUT2D eigenvalue weighted by molar-refractivity contribution is 5.32. The minimum Gasteiger partial charge on any atom is -0.481 e. The monoisotopic (exact) mass is 306 g/mol. The van der Waals surface area contributed by atoms with Gasteiger partial charge in [-0.2, -0.15) is 4.98 Å². The Hall–Kier alpha value is -1.40. The molecule has 0 aromatic carbocycles. The molecular weight excluding hydrogens is 280 g/mol. The van der Waals surface area contributed by atoms with E-state index in [2.05, 4.69) is 19.8 Å². The number of nitrogens with zero attached hydrogens (tertiary/aromatic N) is 4. The van der Waals surface area contributed by atoms with Crippen molar-refractivity contribution in [1.82, 2.24) is 14.9 Å². The molecule has 1 aliphatic heterocycles. The van der Waals surface area contributed by atoms with Crippen molar-refractivity contribution in [3.8, 4) is 5.88 Å². The van der Waals surface area contributed by atoms with Crippen LogP contribution in [0.4, 0.5) is 5.95 Å². The number of anilines is 1. The number of ether oxygens (including phenoxy) is 1. The molecule has 0 bridgehead atoms. The molecule has 2 fully saturated rings. The highest BCUT2D eigenvalue weighted by atomic mass is 16.5. The zero-order valence-corrected chi connectivity index (χ0v) is 13.3. The molecule has 0 spiro atoms. The van der Waals surface area contributed by atoms with Crippen molar-refractivity contribution in [3.05, 3.63) is 12.3 Å². The molecule has 6 heteroatoms.